The number of piperidine rings is 1. The number of aliphatic carboxylic acids is 1. The van der Waals surface area contributed by atoms with Gasteiger partial charge in [0, 0.05) is 26.1 Å². The topological polar surface area (TPSA) is 95.9 Å². The van der Waals surface area contributed by atoms with Crippen LogP contribution in [-0.4, -0.2) is 55.6 Å². The van der Waals surface area contributed by atoms with Crippen LogP contribution in [0, 0.1) is 5.92 Å². The van der Waals surface area contributed by atoms with E-state index < -0.39 is 21.7 Å². The third-order valence-electron chi connectivity index (χ3n) is 3.84. The van der Waals surface area contributed by atoms with Crippen molar-refractivity contribution in [3.63, 3.8) is 0 Å². The number of carboxylic acids is 1. The van der Waals surface area contributed by atoms with Crippen molar-refractivity contribution in [2.45, 2.75) is 31.7 Å². The fourth-order valence-corrected chi connectivity index (χ4v) is 3.96. The lowest BCUT2D eigenvalue weighted by atomic mass is 10.0. The number of nitrogens with one attached hydrogen (secondary N) is 1. The van der Waals surface area contributed by atoms with E-state index in [9.17, 15) is 18.3 Å². The first-order valence-corrected chi connectivity index (χ1v) is 7.90. The van der Waals surface area contributed by atoms with Crippen LogP contribution in [0.4, 0.5) is 0 Å². The number of hydrogen-bond acceptors (Lipinski definition) is 4. The number of carbonyl (C=O) groups is 1. The van der Waals surface area contributed by atoms with Crippen LogP contribution < -0.4 is 4.72 Å². The van der Waals surface area contributed by atoms with Crippen molar-refractivity contribution < 1.29 is 23.1 Å². The Hall–Kier alpha value is -0.700. The number of hydrogen-bond donors (Lipinski definition) is 2. The molecule has 0 aromatic rings. The third-order valence-corrected chi connectivity index (χ3v) is 5.53. The van der Waals surface area contributed by atoms with Crippen LogP contribution in [0.3, 0.4) is 0 Å². The van der Waals surface area contributed by atoms with Crippen LogP contribution in [0.15, 0.2) is 0 Å². The van der Waals surface area contributed by atoms with Gasteiger partial charge in [-0.2, -0.15) is 17.4 Å². The fraction of sp³-hybridized carbons (Fsp3) is 0.909. The second kappa shape index (κ2) is 5.35. The van der Waals surface area contributed by atoms with E-state index in [1.165, 1.54) is 4.31 Å². The van der Waals surface area contributed by atoms with Crippen molar-refractivity contribution in [1.29, 1.82) is 0 Å². The van der Waals surface area contributed by atoms with E-state index in [0.717, 1.165) is 12.8 Å². The predicted octanol–water partition coefficient (Wildman–Crippen LogP) is -0.204. The molecule has 1 unspecified atom stereocenters. The van der Waals surface area contributed by atoms with Gasteiger partial charge in [-0.15, -0.1) is 0 Å². The van der Waals surface area contributed by atoms with E-state index in [2.05, 4.69) is 11.6 Å². The zero-order valence-corrected chi connectivity index (χ0v) is 11.8. The number of nitrogens with zero attached hydrogens (tertiary/aromatic N) is 1. The SMILES string of the molecule is CC1CCN(S(=O)(=O)NC2(C(=O)O)CCOC2)CC1. The summed E-state index contributed by atoms with van der Waals surface area (Å²) in [6.07, 6.45) is 1.76. The average molecular weight is 292 g/mol. The van der Waals surface area contributed by atoms with Gasteiger partial charge in [-0.25, -0.2) is 0 Å². The summed E-state index contributed by atoms with van der Waals surface area (Å²) in [6, 6.07) is 0. The van der Waals surface area contributed by atoms with Crippen LogP contribution in [0.2, 0.25) is 0 Å². The highest BCUT2D eigenvalue weighted by Crippen LogP contribution is 2.23. The molecular weight excluding hydrogens is 272 g/mol. The summed E-state index contributed by atoms with van der Waals surface area (Å²) in [5.41, 5.74) is -1.51. The minimum Gasteiger partial charge on any atom is -0.480 e. The summed E-state index contributed by atoms with van der Waals surface area (Å²) in [7, 11) is -3.77. The molecule has 2 heterocycles. The van der Waals surface area contributed by atoms with Gasteiger partial charge in [-0.1, -0.05) is 6.92 Å². The zero-order chi connectivity index (χ0) is 14.1. The smallest absolute Gasteiger partial charge is 0.327 e. The van der Waals surface area contributed by atoms with Gasteiger partial charge in [0.15, 0.2) is 5.54 Å². The normalized spacial score (nSPS) is 30.6. The minimum absolute atomic E-state index is 0.119. The first kappa shape index (κ1) is 14.7. The quantitative estimate of drug-likeness (QED) is 0.748. The molecule has 0 aliphatic carbocycles. The number of ether oxygens (including phenoxy) is 1. The Labute approximate surface area is 113 Å². The lowest BCUT2D eigenvalue weighted by molar-refractivity contribution is -0.144. The molecule has 0 saturated carbocycles. The highest BCUT2D eigenvalue weighted by molar-refractivity contribution is 7.87. The van der Waals surface area contributed by atoms with Crippen molar-refractivity contribution in [1.82, 2.24) is 9.03 Å². The largest absolute Gasteiger partial charge is 0.480 e. The average Bonchev–Trinajstić information content (AvgIpc) is 2.78. The van der Waals surface area contributed by atoms with Crippen LogP contribution in [0.25, 0.3) is 0 Å². The predicted molar refractivity (Wildman–Crippen MR) is 67.8 cm³/mol. The summed E-state index contributed by atoms with van der Waals surface area (Å²) in [5.74, 6) is -0.673. The van der Waals surface area contributed by atoms with Crippen molar-refractivity contribution in [3.05, 3.63) is 0 Å². The molecule has 0 amide bonds. The van der Waals surface area contributed by atoms with Crippen LogP contribution in [-0.2, 0) is 19.7 Å². The third kappa shape index (κ3) is 3.07. The van der Waals surface area contributed by atoms with Crippen LogP contribution in [0.5, 0.6) is 0 Å². The molecule has 7 nitrogen and oxygen atoms in total. The van der Waals surface area contributed by atoms with Crippen molar-refractivity contribution >= 4 is 16.2 Å². The second-order valence-corrected chi connectivity index (χ2v) is 7.05. The molecule has 2 aliphatic heterocycles. The molecular formula is C11H20N2O5S. The Morgan fingerprint density at radius 1 is 1.42 bits per heavy atom. The molecule has 0 bridgehead atoms. The Balaban J connectivity index is 2.10. The number of carboxylic acid groups (broad SMARTS) is 1. The molecule has 2 rings (SSSR count). The summed E-state index contributed by atoms with van der Waals surface area (Å²) >= 11 is 0. The Kier molecular flexibility index (Phi) is 4.14. The first-order valence-electron chi connectivity index (χ1n) is 6.46. The molecule has 0 aromatic heterocycles. The molecule has 0 spiro atoms. The van der Waals surface area contributed by atoms with Gasteiger partial charge in [0.05, 0.1) is 6.61 Å². The van der Waals surface area contributed by atoms with Crippen molar-refractivity contribution in [2.75, 3.05) is 26.3 Å². The van der Waals surface area contributed by atoms with Gasteiger partial charge in [0.25, 0.3) is 10.2 Å². The summed E-state index contributed by atoms with van der Waals surface area (Å²) in [4.78, 5) is 11.3. The highest BCUT2D eigenvalue weighted by Gasteiger charge is 2.47. The van der Waals surface area contributed by atoms with Crippen LogP contribution >= 0.6 is 0 Å². The second-order valence-electron chi connectivity index (χ2n) is 5.38. The number of rotatable bonds is 4. The summed E-state index contributed by atoms with van der Waals surface area (Å²) < 4.78 is 33.2. The van der Waals surface area contributed by atoms with Crippen molar-refractivity contribution in [3.8, 4) is 0 Å². The highest BCUT2D eigenvalue weighted by atomic mass is 32.2. The standard InChI is InChI=1S/C11H20N2O5S/c1-9-2-5-13(6-3-9)19(16,17)12-11(10(14)15)4-7-18-8-11/h9,12H,2-8H2,1H3,(H,14,15). The molecule has 2 N–H and O–H groups in total. The minimum atomic E-state index is -3.77. The summed E-state index contributed by atoms with van der Waals surface area (Å²) in [5, 5.41) is 9.24. The molecule has 2 saturated heterocycles. The molecule has 8 heteroatoms. The van der Waals surface area contributed by atoms with Gasteiger partial charge >= 0.3 is 5.97 Å². The van der Waals surface area contributed by atoms with Gasteiger partial charge < -0.3 is 9.84 Å². The molecule has 110 valence electrons. The van der Waals surface area contributed by atoms with Crippen LogP contribution in [0.1, 0.15) is 26.2 Å². The molecule has 2 fully saturated rings. The maximum absolute atomic E-state index is 12.3. The molecule has 2 aliphatic rings. The lowest BCUT2D eigenvalue weighted by Gasteiger charge is -2.32. The molecule has 0 radical (unpaired) electrons. The zero-order valence-electron chi connectivity index (χ0n) is 11.0. The van der Waals surface area contributed by atoms with E-state index in [1.807, 2.05) is 0 Å². The fourth-order valence-electron chi connectivity index (χ4n) is 2.39. The maximum atomic E-state index is 12.3. The monoisotopic (exact) mass is 292 g/mol. The van der Waals surface area contributed by atoms with E-state index in [-0.39, 0.29) is 19.6 Å². The van der Waals surface area contributed by atoms with E-state index in [0.29, 0.717) is 19.0 Å². The van der Waals surface area contributed by atoms with Gasteiger partial charge in [0.1, 0.15) is 0 Å². The molecule has 1 atom stereocenters. The van der Waals surface area contributed by atoms with E-state index in [1.54, 1.807) is 0 Å². The van der Waals surface area contributed by atoms with Crippen molar-refractivity contribution in [2.24, 2.45) is 5.92 Å². The van der Waals surface area contributed by atoms with Gasteiger partial charge in [0.2, 0.25) is 0 Å². The Morgan fingerprint density at radius 3 is 2.53 bits per heavy atom. The van der Waals surface area contributed by atoms with E-state index >= 15 is 0 Å². The van der Waals surface area contributed by atoms with E-state index in [4.69, 9.17) is 4.74 Å². The Bertz CT molecular complexity index is 436. The first-order chi connectivity index (χ1) is 8.86. The summed E-state index contributed by atoms with van der Waals surface area (Å²) in [6.45, 7) is 3.10. The molecule has 0 aromatic carbocycles. The maximum Gasteiger partial charge on any atom is 0.327 e. The Morgan fingerprint density at radius 2 is 2.05 bits per heavy atom. The molecule has 19 heavy (non-hydrogen) atoms. The van der Waals surface area contributed by atoms with Gasteiger partial charge in [-0.3, -0.25) is 4.79 Å². The van der Waals surface area contributed by atoms with Gasteiger partial charge in [-0.05, 0) is 18.8 Å². The lowest BCUT2D eigenvalue weighted by Crippen LogP contribution is -2.59.